The molecule has 0 bridgehead atoms. The van der Waals surface area contributed by atoms with E-state index in [4.69, 9.17) is 9.47 Å². The van der Waals surface area contributed by atoms with E-state index in [1.165, 1.54) is 4.90 Å². The van der Waals surface area contributed by atoms with Crippen molar-refractivity contribution in [3.63, 3.8) is 0 Å². The van der Waals surface area contributed by atoms with Gasteiger partial charge in [-0.3, -0.25) is 14.6 Å². The lowest BCUT2D eigenvalue weighted by Gasteiger charge is -2.25. The first-order valence-electron chi connectivity index (χ1n) is 12.2. The molecular weight excluding hydrogens is 468 g/mol. The molecule has 2 aromatic carbocycles. The third-order valence-electron chi connectivity index (χ3n) is 6.09. The Morgan fingerprint density at radius 3 is 2.57 bits per heavy atom. The number of carbonyl (C=O) groups excluding carboxylic acids is 2. The summed E-state index contributed by atoms with van der Waals surface area (Å²) >= 11 is 0. The van der Waals surface area contributed by atoms with Crippen LogP contribution >= 0.6 is 0 Å². The number of ketones is 1. The van der Waals surface area contributed by atoms with Crippen LogP contribution in [0.3, 0.4) is 0 Å². The fraction of sp³-hybridized carbons (Fsp3) is 0.233. The maximum atomic E-state index is 13.3. The van der Waals surface area contributed by atoms with Crippen molar-refractivity contribution in [2.24, 2.45) is 0 Å². The zero-order chi connectivity index (χ0) is 26.4. The predicted molar refractivity (Wildman–Crippen MR) is 141 cm³/mol. The van der Waals surface area contributed by atoms with E-state index < -0.39 is 17.7 Å². The summed E-state index contributed by atoms with van der Waals surface area (Å²) in [6.07, 6.45) is 5.82. The second kappa shape index (κ2) is 11.6. The van der Waals surface area contributed by atoms with E-state index in [0.717, 1.165) is 17.5 Å². The van der Waals surface area contributed by atoms with Crippen LogP contribution < -0.4 is 9.47 Å². The molecule has 1 aromatic heterocycles. The van der Waals surface area contributed by atoms with Gasteiger partial charge in [0.25, 0.3) is 11.7 Å². The van der Waals surface area contributed by atoms with Crippen molar-refractivity contribution in [3.05, 3.63) is 107 Å². The highest BCUT2D eigenvalue weighted by Crippen LogP contribution is 2.41. The highest BCUT2D eigenvalue weighted by atomic mass is 16.5. The molecule has 0 spiro atoms. The molecule has 190 valence electrons. The minimum absolute atomic E-state index is 0.0373. The highest BCUT2D eigenvalue weighted by molar-refractivity contribution is 6.46. The first-order valence-corrected chi connectivity index (χ1v) is 12.2. The molecule has 0 saturated carbocycles. The number of aliphatic hydroxyl groups excluding tert-OH is 1. The highest BCUT2D eigenvalue weighted by Gasteiger charge is 2.46. The van der Waals surface area contributed by atoms with Crippen LogP contribution in [0.4, 0.5) is 0 Å². The SMILES string of the molecule is C=CCOc1ccc([C@H]2C(=C(O)c3ccc(OCCC)c(C)c3)C(=O)C(=O)N2Cc2cccnc2)cc1. The van der Waals surface area contributed by atoms with E-state index in [2.05, 4.69) is 11.6 Å². The third-order valence-corrected chi connectivity index (χ3v) is 6.09. The molecule has 1 amide bonds. The summed E-state index contributed by atoms with van der Waals surface area (Å²) < 4.78 is 11.3. The van der Waals surface area contributed by atoms with Gasteiger partial charge in [-0.1, -0.05) is 37.8 Å². The predicted octanol–water partition coefficient (Wildman–Crippen LogP) is 5.37. The topological polar surface area (TPSA) is 89.0 Å². The number of likely N-dealkylation sites (tertiary alicyclic amines) is 1. The smallest absolute Gasteiger partial charge is 0.295 e. The Morgan fingerprint density at radius 2 is 1.92 bits per heavy atom. The maximum absolute atomic E-state index is 13.3. The van der Waals surface area contributed by atoms with Crippen LogP contribution in [0.15, 0.2) is 85.2 Å². The molecule has 4 rings (SSSR count). The molecule has 1 aliphatic rings. The normalized spacial score (nSPS) is 16.6. The molecule has 1 saturated heterocycles. The lowest BCUT2D eigenvalue weighted by molar-refractivity contribution is -0.140. The molecule has 2 heterocycles. The van der Waals surface area contributed by atoms with Crippen LogP contribution in [0.2, 0.25) is 0 Å². The van der Waals surface area contributed by atoms with Gasteiger partial charge in [-0.15, -0.1) is 0 Å². The van der Waals surface area contributed by atoms with Crippen molar-refractivity contribution in [2.75, 3.05) is 13.2 Å². The van der Waals surface area contributed by atoms with Crippen molar-refractivity contribution < 1.29 is 24.2 Å². The van der Waals surface area contributed by atoms with E-state index in [0.29, 0.717) is 35.8 Å². The second-order valence-corrected chi connectivity index (χ2v) is 8.79. The molecule has 1 aliphatic heterocycles. The molecule has 1 N–H and O–H groups in total. The van der Waals surface area contributed by atoms with Crippen LogP contribution in [0.25, 0.3) is 5.76 Å². The van der Waals surface area contributed by atoms with Crippen LogP contribution in [0, 0.1) is 6.92 Å². The number of aryl methyl sites for hydroxylation is 1. The summed E-state index contributed by atoms with van der Waals surface area (Å²) in [5.41, 5.74) is 2.75. The van der Waals surface area contributed by atoms with Gasteiger partial charge in [-0.05, 0) is 66.4 Å². The van der Waals surface area contributed by atoms with E-state index >= 15 is 0 Å². The first-order chi connectivity index (χ1) is 17.9. The number of pyridine rings is 1. The maximum Gasteiger partial charge on any atom is 0.295 e. The number of hydrogen-bond acceptors (Lipinski definition) is 6. The Morgan fingerprint density at radius 1 is 1.14 bits per heavy atom. The molecule has 0 unspecified atom stereocenters. The van der Waals surface area contributed by atoms with Gasteiger partial charge in [-0.25, -0.2) is 0 Å². The lowest BCUT2D eigenvalue weighted by atomic mass is 9.94. The Hall–Kier alpha value is -4.39. The molecule has 37 heavy (non-hydrogen) atoms. The van der Waals surface area contributed by atoms with Gasteiger partial charge >= 0.3 is 0 Å². The fourth-order valence-corrected chi connectivity index (χ4v) is 4.31. The Kier molecular flexibility index (Phi) is 8.03. The van der Waals surface area contributed by atoms with Gasteiger partial charge in [0.2, 0.25) is 0 Å². The summed E-state index contributed by atoms with van der Waals surface area (Å²) in [6.45, 7) is 8.66. The van der Waals surface area contributed by atoms with Crippen molar-refractivity contribution in [3.8, 4) is 11.5 Å². The fourth-order valence-electron chi connectivity index (χ4n) is 4.31. The minimum Gasteiger partial charge on any atom is -0.507 e. The monoisotopic (exact) mass is 498 g/mol. The molecule has 3 aromatic rings. The quantitative estimate of drug-likeness (QED) is 0.175. The zero-order valence-electron chi connectivity index (χ0n) is 21.0. The van der Waals surface area contributed by atoms with Crippen LogP contribution in [0.1, 0.15) is 41.6 Å². The van der Waals surface area contributed by atoms with Gasteiger partial charge in [-0.2, -0.15) is 0 Å². The number of carbonyl (C=O) groups is 2. The number of aromatic nitrogens is 1. The Labute approximate surface area is 216 Å². The number of amides is 1. The third kappa shape index (κ3) is 5.56. The number of hydrogen-bond donors (Lipinski definition) is 1. The summed E-state index contributed by atoms with van der Waals surface area (Å²) in [5, 5.41) is 11.4. The zero-order valence-corrected chi connectivity index (χ0v) is 21.0. The Balaban J connectivity index is 1.78. The number of benzene rings is 2. The Bertz CT molecular complexity index is 1320. The van der Waals surface area contributed by atoms with Crippen LogP contribution in [-0.2, 0) is 16.1 Å². The molecule has 1 fully saturated rings. The van der Waals surface area contributed by atoms with Gasteiger partial charge in [0.05, 0.1) is 18.2 Å². The second-order valence-electron chi connectivity index (χ2n) is 8.79. The van der Waals surface area contributed by atoms with Crippen LogP contribution in [0.5, 0.6) is 11.5 Å². The summed E-state index contributed by atoms with van der Waals surface area (Å²) in [4.78, 5) is 32.2. The summed E-state index contributed by atoms with van der Waals surface area (Å²) in [5.74, 6) is -0.299. The number of nitrogens with zero attached hydrogens (tertiary/aromatic N) is 2. The van der Waals surface area contributed by atoms with Crippen molar-refractivity contribution >= 4 is 17.4 Å². The first kappa shape index (κ1) is 25.7. The van der Waals surface area contributed by atoms with Gasteiger partial charge in [0.15, 0.2) is 0 Å². The average molecular weight is 499 g/mol. The molecule has 7 heteroatoms. The van der Waals surface area contributed by atoms with E-state index in [1.807, 2.05) is 19.9 Å². The molecule has 0 aliphatic carbocycles. The van der Waals surface area contributed by atoms with Crippen molar-refractivity contribution in [2.45, 2.75) is 32.9 Å². The molecule has 1 atom stereocenters. The molecule has 7 nitrogen and oxygen atoms in total. The van der Waals surface area contributed by atoms with Gasteiger partial charge in [0.1, 0.15) is 23.9 Å². The van der Waals surface area contributed by atoms with E-state index in [-0.39, 0.29) is 17.9 Å². The molecular formula is C30H30N2O5. The van der Waals surface area contributed by atoms with Crippen LogP contribution in [-0.4, -0.2) is 39.9 Å². The van der Waals surface area contributed by atoms with Crippen molar-refractivity contribution in [1.29, 1.82) is 0 Å². The van der Waals surface area contributed by atoms with Gasteiger partial charge < -0.3 is 19.5 Å². The van der Waals surface area contributed by atoms with E-state index in [9.17, 15) is 14.7 Å². The molecule has 0 radical (unpaired) electrons. The number of Topliss-reactive ketones (excluding diaryl/α,β-unsaturated/α-hetero) is 1. The number of aliphatic hydroxyl groups is 1. The standard InChI is InChI=1S/C30H30N2O5/c1-4-15-36-24-11-8-22(9-12-24)27-26(28(33)23-10-13-25(20(3)17-23)37-16-5-2)29(34)30(35)32(27)19-21-7-6-14-31-18-21/h4,6-14,17-18,27,33H,1,5,15-16,19H2,2-3H3/t27-/m0/s1. The van der Waals surface area contributed by atoms with Gasteiger partial charge in [0, 0.05) is 24.5 Å². The average Bonchev–Trinajstić information content (AvgIpc) is 3.16. The minimum atomic E-state index is -0.787. The van der Waals surface area contributed by atoms with Crippen molar-refractivity contribution in [1.82, 2.24) is 9.88 Å². The number of ether oxygens (including phenoxy) is 2. The lowest BCUT2D eigenvalue weighted by Crippen LogP contribution is -2.29. The number of rotatable bonds is 10. The summed E-state index contributed by atoms with van der Waals surface area (Å²) in [7, 11) is 0. The van der Waals surface area contributed by atoms with E-state index in [1.54, 1.807) is 67.0 Å². The largest absolute Gasteiger partial charge is 0.507 e. The summed E-state index contributed by atoms with van der Waals surface area (Å²) in [6, 6.07) is 15.2.